The number of aromatic nitrogens is 6. The number of anilines is 1. The lowest BCUT2D eigenvalue weighted by Gasteiger charge is -2.34. The van der Waals surface area contributed by atoms with Crippen LogP contribution in [0.4, 0.5) is 5.82 Å². The number of H-pyrrole nitrogens is 1. The molecule has 0 aliphatic carbocycles. The van der Waals surface area contributed by atoms with Crippen molar-refractivity contribution in [3.63, 3.8) is 0 Å². The van der Waals surface area contributed by atoms with Gasteiger partial charge >= 0.3 is 0 Å². The normalized spacial score (nSPS) is 16.3. The molecule has 0 saturated heterocycles. The van der Waals surface area contributed by atoms with Gasteiger partial charge in [0.15, 0.2) is 5.82 Å². The Morgan fingerprint density at radius 1 is 1.38 bits per heavy atom. The Labute approximate surface area is 188 Å². The Morgan fingerprint density at radius 3 is 3.00 bits per heavy atom. The van der Waals surface area contributed by atoms with Crippen LogP contribution >= 0.6 is 11.6 Å². The van der Waals surface area contributed by atoms with Crippen LogP contribution in [-0.4, -0.2) is 35.7 Å². The lowest BCUT2D eigenvalue weighted by molar-refractivity contribution is 0.463. The van der Waals surface area contributed by atoms with E-state index in [0.717, 1.165) is 6.42 Å². The van der Waals surface area contributed by atoms with Gasteiger partial charge in [0, 0.05) is 25.5 Å². The van der Waals surface area contributed by atoms with E-state index < -0.39 is 0 Å². The summed E-state index contributed by atoms with van der Waals surface area (Å²) >= 11 is 6.29. The number of fused-ring (bicyclic) bond motifs is 2. The fourth-order valence-electron chi connectivity index (χ4n) is 4.24. The molecule has 4 aromatic rings. The number of halogens is 1. The van der Waals surface area contributed by atoms with Gasteiger partial charge in [-0.05, 0) is 18.4 Å². The van der Waals surface area contributed by atoms with E-state index in [9.17, 15) is 10.1 Å². The van der Waals surface area contributed by atoms with Gasteiger partial charge in [-0.1, -0.05) is 37.6 Å². The summed E-state index contributed by atoms with van der Waals surface area (Å²) in [7, 11) is 0. The molecular formula is C22H21ClN8O. The van der Waals surface area contributed by atoms with Gasteiger partial charge in [0.05, 0.1) is 16.0 Å². The Balaban J connectivity index is 1.75. The van der Waals surface area contributed by atoms with Gasteiger partial charge < -0.3 is 9.88 Å². The summed E-state index contributed by atoms with van der Waals surface area (Å²) in [5.74, 6) is 1.46. The van der Waals surface area contributed by atoms with Crippen LogP contribution < -0.4 is 10.5 Å². The molecule has 1 aliphatic rings. The van der Waals surface area contributed by atoms with E-state index in [1.165, 1.54) is 6.33 Å². The third-order valence-corrected chi connectivity index (χ3v) is 5.90. The molecule has 1 atom stereocenters. The van der Waals surface area contributed by atoms with Gasteiger partial charge in [0.2, 0.25) is 0 Å². The summed E-state index contributed by atoms with van der Waals surface area (Å²) in [5, 5.41) is 15.5. The summed E-state index contributed by atoms with van der Waals surface area (Å²) in [6.07, 6.45) is 9.74. The summed E-state index contributed by atoms with van der Waals surface area (Å²) in [5.41, 5.74) is 1.26. The minimum Gasteiger partial charge on any atom is -0.345 e. The van der Waals surface area contributed by atoms with Crippen LogP contribution in [0.2, 0.25) is 5.02 Å². The highest BCUT2D eigenvalue weighted by Crippen LogP contribution is 2.34. The number of nitrogens with zero attached hydrogens (tertiary/aromatic N) is 7. The highest BCUT2D eigenvalue weighted by Gasteiger charge is 2.30. The van der Waals surface area contributed by atoms with E-state index in [1.807, 2.05) is 6.08 Å². The zero-order chi connectivity index (χ0) is 22.4. The summed E-state index contributed by atoms with van der Waals surface area (Å²) in [4.78, 5) is 27.3. The minimum absolute atomic E-state index is 0.176. The van der Waals surface area contributed by atoms with Gasteiger partial charge in [-0.15, -0.1) is 0 Å². The van der Waals surface area contributed by atoms with E-state index in [2.05, 4.69) is 45.8 Å². The summed E-state index contributed by atoms with van der Waals surface area (Å²) in [6, 6.07) is 3.54. The Bertz CT molecular complexity index is 1450. The first kappa shape index (κ1) is 20.3. The van der Waals surface area contributed by atoms with Crippen molar-refractivity contribution in [1.29, 1.82) is 5.26 Å². The first-order valence-corrected chi connectivity index (χ1v) is 10.8. The fraction of sp³-hybridized carbons (Fsp3) is 0.318. The van der Waals surface area contributed by atoms with E-state index in [0.29, 0.717) is 51.9 Å². The van der Waals surface area contributed by atoms with Crippen LogP contribution in [0, 0.1) is 17.2 Å². The van der Waals surface area contributed by atoms with Gasteiger partial charge in [0.25, 0.3) is 5.56 Å². The molecule has 0 saturated carbocycles. The monoisotopic (exact) mass is 448 g/mol. The highest BCUT2D eigenvalue weighted by molar-refractivity contribution is 6.33. The quantitative estimate of drug-likeness (QED) is 0.479. The lowest BCUT2D eigenvalue weighted by Crippen LogP contribution is -2.38. The van der Waals surface area contributed by atoms with E-state index in [1.54, 1.807) is 27.5 Å². The Hall–Kier alpha value is -3.64. The molecule has 9 nitrogen and oxygen atoms in total. The average Bonchev–Trinajstić information content (AvgIpc) is 3.38. The van der Waals surface area contributed by atoms with Gasteiger partial charge in [-0.3, -0.25) is 9.36 Å². The number of nitriles is 1. The highest BCUT2D eigenvalue weighted by atomic mass is 35.5. The van der Waals surface area contributed by atoms with Crippen LogP contribution in [0.15, 0.2) is 41.7 Å². The van der Waals surface area contributed by atoms with Crippen molar-refractivity contribution in [2.45, 2.75) is 32.9 Å². The molecule has 162 valence electrons. The second-order valence-corrected chi connectivity index (χ2v) is 8.62. The molecule has 0 fully saturated rings. The van der Waals surface area contributed by atoms with Crippen molar-refractivity contribution >= 4 is 34.0 Å². The Kier molecular flexibility index (Phi) is 4.94. The van der Waals surface area contributed by atoms with Crippen LogP contribution in [-0.2, 0) is 6.54 Å². The molecule has 0 radical (unpaired) electrons. The van der Waals surface area contributed by atoms with Crippen LogP contribution in [0.1, 0.15) is 37.7 Å². The molecule has 0 unspecified atom stereocenters. The molecule has 5 rings (SSSR count). The van der Waals surface area contributed by atoms with Crippen LogP contribution in [0.25, 0.3) is 16.6 Å². The molecule has 5 heterocycles. The smallest absolute Gasteiger partial charge is 0.279 e. The van der Waals surface area contributed by atoms with Crippen LogP contribution in [0.5, 0.6) is 0 Å². The molecule has 0 amide bonds. The zero-order valence-electron chi connectivity index (χ0n) is 17.7. The van der Waals surface area contributed by atoms with E-state index >= 15 is 0 Å². The molecule has 1 aliphatic heterocycles. The molecule has 32 heavy (non-hydrogen) atoms. The maximum absolute atomic E-state index is 13.4. The number of rotatable bonds is 4. The molecular weight excluding hydrogens is 428 g/mol. The summed E-state index contributed by atoms with van der Waals surface area (Å²) in [6.45, 7) is 5.28. The molecule has 0 spiro atoms. The number of nitrogens with one attached hydrogen (secondary N) is 1. The predicted octanol–water partition coefficient (Wildman–Crippen LogP) is 3.46. The SMILES string of the molecule is CC(C)Cn1c([C@@H]2C=CCCN2c2ncnc3[nH]cc(C#N)c23)nn2ccc(Cl)c2c1=O. The molecule has 1 N–H and O–H groups in total. The average molecular weight is 449 g/mol. The fourth-order valence-corrected chi connectivity index (χ4v) is 4.46. The Morgan fingerprint density at radius 2 is 2.22 bits per heavy atom. The van der Waals surface area contributed by atoms with Crippen molar-refractivity contribution in [3.8, 4) is 6.07 Å². The third kappa shape index (κ3) is 3.15. The first-order valence-electron chi connectivity index (χ1n) is 10.4. The number of aromatic amines is 1. The first-order chi connectivity index (χ1) is 15.5. The van der Waals surface area contributed by atoms with Crippen molar-refractivity contribution in [2.75, 3.05) is 11.4 Å². The second kappa shape index (κ2) is 7.80. The number of hydrogen-bond acceptors (Lipinski definition) is 6. The zero-order valence-corrected chi connectivity index (χ0v) is 18.4. The van der Waals surface area contributed by atoms with Gasteiger partial charge in [0.1, 0.15) is 35.4 Å². The van der Waals surface area contributed by atoms with E-state index in [-0.39, 0.29) is 17.5 Å². The largest absolute Gasteiger partial charge is 0.345 e. The standard InChI is InChI=1S/C22H21ClN8O/c1-13(2)11-30-20(28-31-8-6-15(23)18(31)22(30)32)16-5-3-4-7-29(16)21-17-14(9-24)10-25-19(17)26-12-27-21/h3,5-6,8,10,12-13,16H,4,7,11H2,1-2H3,(H,25,26,27)/t16-/m0/s1. The topological polar surface area (TPSA) is 108 Å². The van der Waals surface area contributed by atoms with Gasteiger partial charge in [-0.25, -0.2) is 14.5 Å². The molecule has 10 heteroatoms. The lowest BCUT2D eigenvalue weighted by atomic mass is 10.1. The minimum atomic E-state index is -0.347. The van der Waals surface area contributed by atoms with E-state index in [4.69, 9.17) is 16.7 Å². The van der Waals surface area contributed by atoms with Crippen LogP contribution in [0.3, 0.4) is 0 Å². The number of hydrogen-bond donors (Lipinski definition) is 1. The predicted molar refractivity (Wildman–Crippen MR) is 122 cm³/mol. The van der Waals surface area contributed by atoms with Gasteiger partial charge in [-0.2, -0.15) is 10.4 Å². The van der Waals surface area contributed by atoms with Crippen molar-refractivity contribution < 1.29 is 0 Å². The summed E-state index contributed by atoms with van der Waals surface area (Å²) < 4.78 is 3.25. The van der Waals surface area contributed by atoms with Crippen molar-refractivity contribution in [3.05, 3.63) is 63.7 Å². The van der Waals surface area contributed by atoms with Crippen molar-refractivity contribution in [2.24, 2.45) is 5.92 Å². The second-order valence-electron chi connectivity index (χ2n) is 8.21. The molecule has 0 bridgehead atoms. The molecule has 4 aromatic heterocycles. The van der Waals surface area contributed by atoms with Crippen molar-refractivity contribution in [1.82, 2.24) is 29.1 Å². The molecule has 0 aromatic carbocycles. The maximum Gasteiger partial charge on any atom is 0.279 e. The maximum atomic E-state index is 13.4. The third-order valence-electron chi connectivity index (χ3n) is 5.60.